The number of halogens is 2. The van der Waals surface area contributed by atoms with Gasteiger partial charge in [0.2, 0.25) is 11.8 Å². The molecule has 0 radical (unpaired) electrons. The van der Waals surface area contributed by atoms with Gasteiger partial charge in [-0.25, -0.2) is 4.79 Å². The van der Waals surface area contributed by atoms with Crippen LogP contribution in [0.3, 0.4) is 0 Å². The highest BCUT2D eigenvalue weighted by Crippen LogP contribution is 2.37. The molecule has 35 heavy (non-hydrogen) atoms. The fourth-order valence-electron chi connectivity index (χ4n) is 3.79. The first-order valence-corrected chi connectivity index (χ1v) is 12.6. The number of likely N-dealkylation sites (tertiary alicyclic amines) is 1. The summed E-state index contributed by atoms with van der Waals surface area (Å²) in [6.45, 7) is 0.780. The number of carbonyl (C=O) groups excluding carboxylic acids is 3. The van der Waals surface area contributed by atoms with Crippen LogP contribution in [-0.4, -0.2) is 66.5 Å². The Bertz CT molecular complexity index is 1140. The minimum absolute atomic E-state index is 0.0936. The first-order valence-electron chi connectivity index (χ1n) is 11.0. The van der Waals surface area contributed by atoms with Crippen LogP contribution in [0.2, 0.25) is 10.0 Å². The van der Waals surface area contributed by atoms with Crippen molar-refractivity contribution in [3.8, 4) is 0 Å². The lowest BCUT2D eigenvalue weighted by atomic mass is 10.0. The summed E-state index contributed by atoms with van der Waals surface area (Å²) in [5.74, 6) is -2.64. The van der Waals surface area contributed by atoms with Crippen LogP contribution in [0.5, 0.6) is 0 Å². The van der Waals surface area contributed by atoms with Crippen LogP contribution >= 0.6 is 34.5 Å². The van der Waals surface area contributed by atoms with Crippen molar-refractivity contribution >= 4 is 74.5 Å². The molecule has 1 aliphatic heterocycles. The molecule has 0 aliphatic carbocycles. The Hall–Kier alpha value is -2.82. The number of thiophene rings is 1. The number of fused-ring (bicyclic) bond motifs is 1. The Morgan fingerprint density at radius 3 is 2.60 bits per heavy atom. The van der Waals surface area contributed by atoms with Crippen LogP contribution in [0.4, 0.5) is 4.79 Å². The summed E-state index contributed by atoms with van der Waals surface area (Å²) in [4.78, 5) is 49.5. The van der Waals surface area contributed by atoms with Gasteiger partial charge in [0, 0.05) is 38.8 Å². The van der Waals surface area contributed by atoms with Gasteiger partial charge in [-0.15, -0.1) is 11.3 Å². The number of urea groups is 1. The second-order valence-corrected chi connectivity index (χ2v) is 9.80. The lowest BCUT2D eigenvalue weighted by molar-refractivity contribution is -0.141. The quantitative estimate of drug-likeness (QED) is 0.381. The van der Waals surface area contributed by atoms with Gasteiger partial charge in [0.15, 0.2) is 0 Å². The van der Waals surface area contributed by atoms with E-state index in [1.54, 1.807) is 11.0 Å². The Kier molecular flexibility index (Phi) is 9.36. The fraction of sp³-hybridized carbons (Fsp3) is 0.391. The fourth-order valence-corrected chi connectivity index (χ4v) is 5.23. The molecule has 1 saturated heterocycles. The second kappa shape index (κ2) is 12.2. The van der Waals surface area contributed by atoms with Crippen LogP contribution < -0.4 is 16.0 Å². The summed E-state index contributed by atoms with van der Waals surface area (Å²) in [5, 5.41) is 20.5. The van der Waals surface area contributed by atoms with E-state index in [9.17, 15) is 19.2 Å². The van der Waals surface area contributed by atoms with Crippen LogP contribution in [-0.2, 0) is 14.4 Å². The number of amides is 4. The zero-order chi connectivity index (χ0) is 25.5. The van der Waals surface area contributed by atoms with Gasteiger partial charge in [0.1, 0.15) is 0 Å². The van der Waals surface area contributed by atoms with E-state index in [2.05, 4.69) is 16.0 Å². The summed E-state index contributed by atoms with van der Waals surface area (Å²) in [6.07, 6.45) is 3.77. The van der Waals surface area contributed by atoms with Crippen molar-refractivity contribution < 1.29 is 24.3 Å². The average molecular weight is 541 g/mol. The van der Waals surface area contributed by atoms with Crippen molar-refractivity contribution in [1.29, 1.82) is 0 Å². The number of nitrogens with one attached hydrogen (secondary N) is 3. The van der Waals surface area contributed by atoms with E-state index >= 15 is 0 Å². The highest BCUT2D eigenvalue weighted by molar-refractivity contribution is 7.18. The third-order valence-corrected chi connectivity index (χ3v) is 7.68. The smallest absolute Gasteiger partial charge is 0.314 e. The number of benzene rings is 1. The molecule has 1 aromatic carbocycles. The van der Waals surface area contributed by atoms with Gasteiger partial charge in [-0.05, 0) is 47.4 Å². The Morgan fingerprint density at radius 2 is 1.94 bits per heavy atom. The molecule has 1 unspecified atom stereocenters. The molecule has 1 fully saturated rings. The van der Waals surface area contributed by atoms with Crippen molar-refractivity contribution in [3.05, 3.63) is 39.2 Å². The lowest BCUT2D eigenvalue weighted by Crippen LogP contribution is -2.49. The van der Waals surface area contributed by atoms with Crippen molar-refractivity contribution in [1.82, 2.24) is 20.9 Å². The van der Waals surface area contributed by atoms with Crippen LogP contribution in [0.15, 0.2) is 23.6 Å². The first-order chi connectivity index (χ1) is 16.7. The molecule has 4 amide bonds. The maximum Gasteiger partial charge on any atom is 0.314 e. The van der Waals surface area contributed by atoms with Crippen LogP contribution in [0.1, 0.15) is 24.8 Å². The highest BCUT2D eigenvalue weighted by atomic mass is 35.5. The topological polar surface area (TPSA) is 128 Å². The number of aliphatic carboxylic acids is 1. The summed E-state index contributed by atoms with van der Waals surface area (Å²) in [6, 6.07) is 3.14. The van der Waals surface area contributed by atoms with Crippen molar-refractivity contribution in [2.24, 2.45) is 5.92 Å². The predicted octanol–water partition coefficient (Wildman–Crippen LogP) is 3.35. The van der Waals surface area contributed by atoms with Gasteiger partial charge in [0.05, 0.1) is 27.1 Å². The normalized spacial score (nSPS) is 15.2. The summed E-state index contributed by atoms with van der Waals surface area (Å²) < 4.78 is 0.902. The van der Waals surface area contributed by atoms with Crippen molar-refractivity contribution in [2.45, 2.75) is 25.3 Å². The molecule has 3 rings (SSSR count). The molecular formula is C23H26Cl2N4O5S. The van der Waals surface area contributed by atoms with Crippen LogP contribution in [0, 0.1) is 5.92 Å². The first kappa shape index (κ1) is 26.8. The molecule has 2 aromatic rings. The largest absolute Gasteiger partial charge is 0.481 e. The maximum atomic E-state index is 12.7. The number of nitrogens with zero attached hydrogens (tertiary/aromatic N) is 1. The van der Waals surface area contributed by atoms with Crippen molar-refractivity contribution in [2.75, 3.05) is 26.7 Å². The molecule has 0 bridgehead atoms. The third-order valence-electron chi connectivity index (χ3n) is 5.74. The molecule has 1 atom stereocenters. The Labute approximate surface area is 216 Å². The standard InChI is InChI=1S/C23H26Cl2N4O5S/c1-26-23(34)27-12-15(11-18(31)32)22(33)28-16-4-7-29(8-5-16)17(30)3-2-13-10-14-6-9-35-21(14)20(25)19(13)24/h2-3,6,9-10,15-16H,4-5,7-8,11-12H2,1H3,(H,28,33)(H,31,32)(H2,26,27,34)/b3-2+. The molecule has 1 aromatic heterocycles. The third kappa shape index (κ3) is 7.09. The lowest BCUT2D eigenvalue weighted by Gasteiger charge is -2.32. The predicted molar refractivity (Wildman–Crippen MR) is 137 cm³/mol. The Balaban J connectivity index is 1.53. The molecule has 4 N–H and O–H groups in total. The maximum absolute atomic E-state index is 12.7. The van der Waals surface area contributed by atoms with E-state index in [-0.39, 0.29) is 18.5 Å². The van der Waals surface area contributed by atoms with E-state index in [0.29, 0.717) is 41.5 Å². The van der Waals surface area contributed by atoms with E-state index in [1.165, 1.54) is 24.5 Å². The van der Waals surface area contributed by atoms with Crippen molar-refractivity contribution in [3.63, 3.8) is 0 Å². The molecule has 1 aliphatic rings. The SMILES string of the molecule is CNC(=O)NCC(CC(=O)O)C(=O)NC1CCN(C(=O)/C=C/c2cc3ccsc3c(Cl)c2Cl)CC1. The van der Waals surface area contributed by atoms with Gasteiger partial charge in [0.25, 0.3) is 0 Å². The van der Waals surface area contributed by atoms with Crippen LogP contribution in [0.25, 0.3) is 16.2 Å². The van der Waals surface area contributed by atoms with E-state index < -0.39 is 30.2 Å². The number of rotatable bonds is 8. The Morgan fingerprint density at radius 1 is 1.23 bits per heavy atom. The molecular weight excluding hydrogens is 515 g/mol. The second-order valence-electron chi connectivity index (χ2n) is 8.13. The van der Waals surface area contributed by atoms with E-state index in [4.69, 9.17) is 28.3 Å². The van der Waals surface area contributed by atoms with Gasteiger partial charge in [-0.2, -0.15) is 0 Å². The summed E-state index contributed by atoms with van der Waals surface area (Å²) in [7, 11) is 1.43. The summed E-state index contributed by atoms with van der Waals surface area (Å²) >= 11 is 14.2. The zero-order valence-corrected chi connectivity index (χ0v) is 21.3. The molecule has 9 nitrogen and oxygen atoms in total. The monoisotopic (exact) mass is 540 g/mol. The molecule has 12 heteroatoms. The molecule has 2 heterocycles. The average Bonchev–Trinajstić information content (AvgIpc) is 3.31. The minimum Gasteiger partial charge on any atom is -0.481 e. The van der Waals surface area contributed by atoms with E-state index in [0.717, 1.165) is 10.1 Å². The van der Waals surface area contributed by atoms with Gasteiger partial charge in [-0.1, -0.05) is 23.2 Å². The minimum atomic E-state index is -1.13. The molecule has 0 spiro atoms. The summed E-state index contributed by atoms with van der Waals surface area (Å²) in [5.41, 5.74) is 0.660. The number of hydrogen-bond donors (Lipinski definition) is 4. The number of carboxylic acids is 1. The number of carboxylic acid groups (broad SMARTS) is 1. The van der Waals surface area contributed by atoms with Gasteiger partial charge >= 0.3 is 12.0 Å². The molecule has 0 saturated carbocycles. The highest BCUT2D eigenvalue weighted by Gasteiger charge is 2.27. The van der Waals surface area contributed by atoms with Gasteiger partial charge in [-0.3, -0.25) is 14.4 Å². The molecule has 188 valence electrons. The number of hydrogen-bond acceptors (Lipinski definition) is 5. The number of carbonyl (C=O) groups is 4. The van der Waals surface area contributed by atoms with E-state index in [1.807, 2.05) is 17.5 Å². The number of piperidine rings is 1. The zero-order valence-electron chi connectivity index (χ0n) is 19.0. The van der Waals surface area contributed by atoms with Gasteiger partial charge < -0.3 is 26.0 Å².